The van der Waals surface area contributed by atoms with Gasteiger partial charge in [-0.15, -0.1) is 0 Å². The van der Waals surface area contributed by atoms with Crippen molar-refractivity contribution in [2.24, 2.45) is 4.99 Å². The zero-order valence-corrected chi connectivity index (χ0v) is 13.0. The molecule has 112 valence electrons. The fourth-order valence-electron chi connectivity index (χ4n) is 2.94. The fraction of sp³-hybridized carbons (Fsp3) is 0.0952. The summed E-state index contributed by atoms with van der Waals surface area (Å²) >= 11 is 0. The standard InChI is InChI=1S/C21H18N2/c1-15-11-13-17(14-12-15)21-22-19-10-6-5-9-18(19)20(23-21)16-7-3-2-4-8-16/h2-14,19H,1H3,(H,22,23). The van der Waals surface area contributed by atoms with Crippen LogP contribution in [-0.2, 0) is 0 Å². The summed E-state index contributed by atoms with van der Waals surface area (Å²) in [5, 5.41) is 3.55. The van der Waals surface area contributed by atoms with Gasteiger partial charge in [0.15, 0.2) is 0 Å². The van der Waals surface area contributed by atoms with Crippen molar-refractivity contribution in [2.45, 2.75) is 13.0 Å². The Kier molecular flexibility index (Phi) is 3.43. The zero-order chi connectivity index (χ0) is 15.6. The number of aryl methyl sites for hydroxylation is 1. The molecule has 1 atom stereocenters. The van der Waals surface area contributed by atoms with E-state index in [-0.39, 0.29) is 6.04 Å². The number of nitrogens with zero attached hydrogens (tertiary/aromatic N) is 1. The highest BCUT2D eigenvalue weighted by atomic mass is 15.0. The number of hydrogen-bond acceptors (Lipinski definition) is 2. The minimum Gasteiger partial charge on any atom is -0.339 e. The summed E-state index contributed by atoms with van der Waals surface area (Å²) < 4.78 is 0. The van der Waals surface area contributed by atoms with Crippen LogP contribution >= 0.6 is 0 Å². The average molecular weight is 298 g/mol. The van der Waals surface area contributed by atoms with E-state index in [1.165, 1.54) is 16.7 Å². The molecule has 1 aliphatic carbocycles. The number of rotatable bonds is 2. The summed E-state index contributed by atoms with van der Waals surface area (Å²) in [5.41, 5.74) is 5.92. The van der Waals surface area contributed by atoms with Crippen molar-refractivity contribution in [1.29, 1.82) is 0 Å². The molecule has 0 fully saturated rings. The third kappa shape index (κ3) is 2.64. The lowest BCUT2D eigenvalue weighted by molar-refractivity contribution is 0.925. The van der Waals surface area contributed by atoms with Gasteiger partial charge in [-0.3, -0.25) is 4.99 Å². The summed E-state index contributed by atoms with van der Waals surface area (Å²) in [5.74, 6) is 0.928. The van der Waals surface area contributed by atoms with E-state index in [1.54, 1.807) is 0 Å². The molecule has 2 aliphatic rings. The molecule has 23 heavy (non-hydrogen) atoms. The van der Waals surface area contributed by atoms with Crippen molar-refractivity contribution < 1.29 is 0 Å². The molecule has 0 saturated heterocycles. The quantitative estimate of drug-likeness (QED) is 0.880. The minimum absolute atomic E-state index is 0.0766. The maximum Gasteiger partial charge on any atom is 0.133 e. The second-order valence-electron chi connectivity index (χ2n) is 5.85. The van der Waals surface area contributed by atoms with E-state index >= 15 is 0 Å². The Hall–Kier alpha value is -2.87. The van der Waals surface area contributed by atoms with E-state index in [2.05, 4.69) is 85.1 Å². The van der Waals surface area contributed by atoms with E-state index in [0.29, 0.717) is 0 Å². The Balaban J connectivity index is 1.79. The Bertz CT molecular complexity index is 837. The Morgan fingerprint density at radius 2 is 1.65 bits per heavy atom. The van der Waals surface area contributed by atoms with Gasteiger partial charge >= 0.3 is 0 Å². The van der Waals surface area contributed by atoms with Crippen LogP contribution in [0.2, 0.25) is 0 Å². The van der Waals surface area contributed by atoms with E-state index in [1.807, 2.05) is 6.07 Å². The Morgan fingerprint density at radius 3 is 2.43 bits per heavy atom. The van der Waals surface area contributed by atoms with Gasteiger partial charge in [0.25, 0.3) is 0 Å². The van der Waals surface area contributed by atoms with Crippen LogP contribution in [0.1, 0.15) is 16.7 Å². The lowest BCUT2D eigenvalue weighted by Crippen LogP contribution is -2.32. The monoisotopic (exact) mass is 298 g/mol. The molecule has 1 heterocycles. The minimum atomic E-state index is 0.0766. The SMILES string of the molecule is Cc1ccc(C2=NC3C=CC=CC3=C(c3ccccc3)N2)cc1. The normalized spacial score (nSPS) is 19.2. The molecule has 2 heteroatoms. The smallest absolute Gasteiger partial charge is 0.133 e. The van der Waals surface area contributed by atoms with Crippen LogP contribution in [0.3, 0.4) is 0 Å². The summed E-state index contributed by atoms with van der Waals surface area (Å²) in [6, 6.07) is 19.0. The summed E-state index contributed by atoms with van der Waals surface area (Å²) in [4.78, 5) is 4.89. The van der Waals surface area contributed by atoms with Gasteiger partial charge in [0.2, 0.25) is 0 Å². The highest BCUT2D eigenvalue weighted by Crippen LogP contribution is 2.28. The van der Waals surface area contributed by atoms with Gasteiger partial charge in [-0.05, 0) is 12.5 Å². The molecule has 0 aromatic heterocycles. The molecular formula is C21H18N2. The largest absolute Gasteiger partial charge is 0.339 e. The first-order chi connectivity index (χ1) is 11.3. The van der Waals surface area contributed by atoms with Crippen LogP contribution in [0.5, 0.6) is 0 Å². The third-order valence-electron chi connectivity index (χ3n) is 4.19. The molecule has 2 aromatic rings. The number of nitrogens with one attached hydrogen (secondary N) is 1. The first kappa shape index (κ1) is 13.8. The molecule has 1 N–H and O–H groups in total. The van der Waals surface area contributed by atoms with Crippen molar-refractivity contribution in [1.82, 2.24) is 5.32 Å². The fourth-order valence-corrected chi connectivity index (χ4v) is 2.94. The van der Waals surface area contributed by atoms with E-state index in [4.69, 9.17) is 4.99 Å². The van der Waals surface area contributed by atoms with Crippen LogP contribution in [-0.4, -0.2) is 11.9 Å². The summed E-state index contributed by atoms with van der Waals surface area (Å²) in [7, 11) is 0. The third-order valence-corrected chi connectivity index (χ3v) is 4.19. The van der Waals surface area contributed by atoms with Crippen LogP contribution in [0.15, 0.2) is 89.5 Å². The lowest BCUT2D eigenvalue weighted by Gasteiger charge is -2.27. The Labute approximate surface area is 136 Å². The molecule has 2 aromatic carbocycles. The second-order valence-corrected chi connectivity index (χ2v) is 5.85. The van der Waals surface area contributed by atoms with Gasteiger partial charge in [0.1, 0.15) is 5.84 Å². The number of allylic oxidation sites excluding steroid dienone is 2. The van der Waals surface area contributed by atoms with Gasteiger partial charge in [0, 0.05) is 11.1 Å². The van der Waals surface area contributed by atoms with Crippen molar-refractivity contribution in [3.05, 3.63) is 101 Å². The van der Waals surface area contributed by atoms with Crippen LogP contribution in [0, 0.1) is 6.92 Å². The van der Waals surface area contributed by atoms with Gasteiger partial charge in [-0.1, -0.05) is 84.5 Å². The lowest BCUT2D eigenvalue weighted by atomic mass is 9.94. The second kappa shape index (κ2) is 5.73. The Morgan fingerprint density at radius 1 is 0.870 bits per heavy atom. The molecule has 2 nitrogen and oxygen atoms in total. The predicted molar refractivity (Wildman–Crippen MR) is 96.3 cm³/mol. The van der Waals surface area contributed by atoms with Gasteiger partial charge < -0.3 is 5.32 Å². The van der Waals surface area contributed by atoms with Crippen LogP contribution in [0.25, 0.3) is 5.70 Å². The molecule has 0 amide bonds. The first-order valence-corrected chi connectivity index (χ1v) is 7.87. The van der Waals surface area contributed by atoms with Crippen molar-refractivity contribution >= 4 is 11.5 Å². The first-order valence-electron chi connectivity index (χ1n) is 7.87. The molecule has 1 aliphatic heterocycles. The number of fused-ring (bicyclic) bond motifs is 1. The number of hydrogen-bond donors (Lipinski definition) is 1. The number of amidine groups is 1. The van der Waals surface area contributed by atoms with E-state index < -0.39 is 0 Å². The van der Waals surface area contributed by atoms with Gasteiger partial charge in [-0.2, -0.15) is 0 Å². The van der Waals surface area contributed by atoms with Crippen molar-refractivity contribution in [3.63, 3.8) is 0 Å². The average Bonchev–Trinajstić information content (AvgIpc) is 2.62. The summed E-state index contributed by atoms with van der Waals surface area (Å²) in [6.07, 6.45) is 8.43. The number of aliphatic imine (C=N–C) groups is 1. The number of benzene rings is 2. The molecule has 1 unspecified atom stereocenters. The van der Waals surface area contributed by atoms with Gasteiger partial charge in [0.05, 0.1) is 11.7 Å². The van der Waals surface area contributed by atoms with Crippen molar-refractivity contribution in [3.8, 4) is 0 Å². The van der Waals surface area contributed by atoms with Crippen LogP contribution in [0.4, 0.5) is 0 Å². The van der Waals surface area contributed by atoms with E-state index in [9.17, 15) is 0 Å². The van der Waals surface area contributed by atoms with E-state index in [0.717, 1.165) is 17.1 Å². The van der Waals surface area contributed by atoms with Crippen molar-refractivity contribution in [2.75, 3.05) is 0 Å². The molecule has 0 radical (unpaired) electrons. The highest BCUT2D eigenvalue weighted by Gasteiger charge is 2.23. The maximum absolute atomic E-state index is 4.89. The highest BCUT2D eigenvalue weighted by molar-refractivity contribution is 6.05. The molecular weight excluding hydrogens is 280 g/mol. The molecule has 4 rings (SSSR count). The molecule has 0 bridgehead atoms. The molecule has 0 saturated carbocycles. The maximum atomic E-state index is 4.89. The predicted octanol–water partition coefficient (Wildman–Crippen LogP) is 4.25. The zero-order valence-electron chi connectivity index (χ0n) is 13.0. The van der Waals surface area contributed by atoms with Crippen LogP contribution < -0.4 is 5.32 Å². The molecule has 0 spiro atoms. The van der Waals surface area contributed by atoms with Gasteiger partial charge in [-0.25, -0.2) is 0 Å². The topological polar surface area (TPSA) is 24.4 Å². The summed E-state index contributed by atoms with van der Waals surface area (Å²) in [6.45, 7) is 2.10.